The number of aryl methyl sites for hydroxylation is 3. The summed E-state index contributed by atoms with van der Waals surface area (Å²) in [6.07, 6.45) is 1.92. The van der Waals surface area contributed by atoms with Crippen LogP contribution in [0.5, 0.6) is 11.5 Å². The van der Waals surface area contributed by atoms with E-state index in [9.17, 15) is 0 Å². The molecule has 33 heavy (non-hydrogen) atoms. The van der Waals surface area contributed by atoms with Crippen LogP contribution in [-0.4, -0.2) is 16.2 Å². The number of hydrogen-bond donors (Lipinski definition) is 0. The third-order valence-corrected chi connectivity index (χ3v) is 6.01. The summed E-state index contributed by atoms with van der Waals surface area (Å²) in [4.78, 5) is 4.84. The van der Waals surface area contributed by atoms with Gasteiger partial charge in [-0.2, -0.15) is 0 Å². The van der Waals surface area contributed by atoms with E-state index in [1.807, 2.05) is 18.2 Å². The quantitative estimate of drug-likeness (QED) is 0.246. The summed E-state index contributed by atoms with van der Waals surface area (Å²) in [5, 5.41) is 0. The lowest BCUT2D eigenvalue weighted by Gasteiger charge is -2.15. The Labute approximate surface area is 197 Å². The molecule has 0 amide bonds. The molecular weight excluding hydrogens is 408 g/mol. The lowest BCUT2D eigenvalue weighted by atomic mass is 10.0. The molecule has 4 rings (SSSR count). The second-order valence-corrected chi connectivity index (χ2v) is 8.85. The molecule has 0 saturated carbocycles. The van der Waals surface area contributed by atoms with E-state index in [1.165, 1.54) is 16.7 Å². The van der Waals surface area contributed by atoms with Crippen molar-refractivity contribution in [3.05, 3.63) is 89.2 Å². The minimum Gasteiger partial charge on any atom is -0.493 e. The van der Waals surface area contributed by atoms with Gasteiger partial charge in [-0.3, -0.25) is 0 Å². The largest absolute Gasteiger partial charge is 0.493 e. The van der Waals surface area contributed by atoms with Crippen LogP contribution in [0.3, 0.4) is 0 Å². The second-order valence-electron chi connectivity index (χ2n) is 8.85. The van der Waals surface area contributed by atoms with Gasteiger partial charge in [0, 0.05) is 6.54 Å². The zero-order valence-corrected chi connectivity index (χ0v) is 20.2. The molecule has 0 atom stereocenters. The fraction of sp³-hybridized carbons (Fsp3) is 0.345. The average molecular weight is 443 g/mol. The molecule has 4 heteroatoms. The summed E-state index contributed by atoms with van der Waals surface area (Å²) >= 11 is 0. The Morgan fingerprint density at radius 3 is 2.48 bits per heavy atom. The SMILES string of the molecule is CCc1ccc(OCc2nc3ccccc3n2CCCOc2cc(C)ccc2C(C)C)cc1. The molecule has 4 aromatic rings. The van der Waals surface area contributed by atoms with Crippen molar-refractivity contribution in [2.45, 2.75) is 59.6 Å². The monoisotopic (exact) mass is 442 g/mol. The highest BCUT2D eigenvalue weighted by molar-refractivity contribution is 5.75. The summed E-state index contributed by atoms with van der Waals surface area (Å²) in [7, 11) is 0. The number of fused-ring (bicyclic) bond motifs is 1. The number of imidazole rings is 1. The summed E-state index contributed by atoms with van der Waals surface area (Å²) in [5.41, 5.74) is 5.93. The summed E-state index contributed by atoms with van der Waals surface area (Å²) in [6.45, 7) is 10.6. The topological polar surface area (TPSA) is 36.3 Å². The number of hydrogen-bond acceptors (Lipinski definition) is 3. The lowest BCUT2D eigenvalue weighted by molar-refractivity contribution is 0.279. The van der Waals surface area contributed by atoms with Crippen LogP contribution in [0, 0.1) is 6.92 Å². The van der Waals surface area contributed by atoms with Crippen molar-refractivity contribution in [1.82, 2.24) is 9.55 Å². The Bertz CT molecular complexity index is 1190. The van der Waals surface area contributed by atoms with Gasteiger partial charge in [0.25, 0.3) is 0 Å². The van der Waals surface area contributed by atoms with Crippen LogP contribution in [-0.2, 0) is 19.6 Å². The van der Waals surface area contributed by atoms with Crippen LogP contribution in [0.15, 0.2) is 66.7 Å². The van der Waals surface area contributed by atoms with Gasteiger partial charge in [-0.1, -0.05) is 57.2 Å². The van der Waals surface area contributed by atoms with E-state index >= 15 is 0 Å². The van der Waals surface area contributed by atoms with Crippen LogP contribution in [0.2, 0.25) is 0 Å². The van der Waals surface area contributed by atoms with Gasteiger partial charge in [-0.05, 0) is 72.7 Å². The standard InChI is InChI=1S/C29H34N2O2/c1-5-23-12-14-24(15-13-23)33-20-29-30-26-9-6-7-10-27(26)31(29)17-8-18-32-28-19-22(4)11-16-25(28)21(2)3/h6-7,9-16,19,21H,5,8,17-18,20H2,1-4H3. The summed E-state index contributed by atoms with van der Waals surface area (Å²) in [6, 6.07) is 23.1. The maximum atomic E-state index is 6.22. The number of benzene rings is 3. The van der Waals surface area contributed by atoms with Crippen LogP contribution in [0.1, 0.15) is 55.6 Å². The number of aromatic nitrogens is 2. The van der Waals surface area contributed by atoms with Crippen molar-refractivity contribution in [2.24, 2.45) is 0 Å². The van der Waals surface area contributed by atoms with E-state index in [-0.39, 0.29) is 0 Å². The van der Waals surface area contributed by atoms with E-state index in [1.54, 1.807) is 0 Å². The Morgan fingerprint density at radius 1 is 0.939 bits per heavy atom. The highest BCUT2D eigenvalue weighted by Gasteiger charge is 2.12. The van der Waals surface area contributed by atoms with Gasteiger partial charge in [-0.25, -0.2) is 4.98 Å². The van der Waals surface area contributed by atoms with E-state index in [0.717, 1.165) is 47.7 Å². The number of para-hydroxylation sites is 2. The smallest absolute Gasteiger partial charge is 0.147 e. The molecule has 0 aliphatic rings. The average Bonchev–Trinajstić information content (AvgIpc) is 3.18. The van der Waals surface area contributed by atoms with Gasteiger partial charge in [0.1, 0.15) is 23.9 Å². The summed E-state index contributed by atoms with van der Waals surface area (Å²) < 4.78 is 14.6. The molecule has 0 radical (unpaired) electrons. The molecule has 1 heterocycles. The van der Waals surface area contributed by atoms with Crippen molar-refractivity contribution in [2.75, 3.05) is 6.61 Å². The van der Waals surface area contributed by atoms with Crippen LogP contribution in [0.4, 0.5) is 0 Å². The first-order chi connectivity index (χ1) is 16.0. The first-order valence-corrected chi connectivity index (χ1v) is 11.9. The van der Waals surface area contributed by atoms with Gasteiger partial charge in [-0.15, -0.1) is 0 Å². The molecule has 172 valence electrons. The van der Waals surface area contributed by atoms with E-state index in [0.29, 0.717) is 19.1 Å². The van der Waals surface area contributed by atoms with Gasteiger partial charge in [0.15, 0.2) is 0 Å². The van der Waals surface area contributed by atoms with E-state index in [2.05, 4.69) is 80.8 Å². The Morgan fingerprint density at radius 2 is 1.73 bits per heavy atom. The molecule has 1 aromatic heterocycles. The van der Waals surface area contributed by atoms with E-state index < -0.39 is 0 Å². The van der Waals surface area contributed by atoms with Crippen LogP contribution < -0.4 is 9.47 Å². The number of rotatable bonds is 10. The molecule has 0 aliphatic heterocycles. The Kier molecular flexibility index (Phi) is 7.33. The third-order valence-electron chi connectivity index (χ3n) is 6.01. The predicted octanol–water partition coefficient (Wildman–Crippen LogP) is 7.08. The molecule has 0 spiro atoms. The zero-order chi connectivity index (χ0) is 23.2. The van der Waals surface area contributed by atoms with Crippen LogP contribution >= 0.6 is 0 Å². The minimum absolute atomic E-state index is 0.438. The maximum absolute atomic E-state index is 6.22. The van der Waals surface area contributed by atoms with Crippen molar-refractivity contribution in [3.63, 3.8) is 0 Å². The molecule has 0 fully saturated rings. The molecule has 0 saturated heterocycles. The Hall–Kier alpha value is -3.27. The normalized spacial score (nSPS) is 11.3. The lowest BCUT2D eigenvalue weighted by Crippen LogP contribution is -2.10. The van der Waals surface area contributed by atoms with Gasteiger partial charge in [0.05, 0.1) is 17.6 Å². The molecule has 4 nitrogen and oxygen atoms in total. The minimum atomic E-state index is 0.438. The predicted molar refractivity (Wildman–Crippen MR) is 135 cm³/mol. The van der Waals surface area contributed by atoms with Gasteiger partial charge in [0.2, 0.25) is 0 Å². The van der Waals surface area contributed by atoms with Crippen molar-refractivity contribution < 1.29 is 9.47 Å². The van der Waals surface area contributed by atoms with Crippen molar-refractivity contribution in [3.8, 4) is 11.5 Å². The highest BCUT2D eigenvalue weighted by Crippen LogP contribution is 2.28. The van der Waals surface area contributed by atoms with E-state index in [4.69, 9.17) is 14.5 Å². The first kappa shape index (κ1) is 22.9. The first-order valence-electron chi connectivity index (χ1n) is 11.9. The highest BCUT2D eigenvalue weighted by atomic mass is 16.5. The fourth-order valence-electron chi connectivity index (χ4n) is 4.10. The zero-order valence-electron chi connectivity index (χ0n) is 20.2. The summed E-state index contributed by atoms with van der Waals surface area (Å²) in [5.74, 6) is 3.25. The maximum Gasteiger partial charge on any atom is 0.147 e. The number of nitrogens with zero attached hydrogens (tertiary/aromatic N) is 2. The van der Waals surface area contributed by atoms with Crippen LogP contribution in [0.25, 0.3) is 11.0 Å². The molecular formula is C29H34N2O2. The third kappa shape index (κ3) is 5.57. The van der Waals surface area contributed by atoms with Crippen molar-refractivity contribution >= 4 is 11.0 Å². The van der Waals surface area contributed by atoms with Crippen molar-refractivity contribution in [1.29, 1.82) is 0 Å². The second kappa shape index (κ2) is 10.6. The molecule has 0 bridgehead atoms. The molecule has 0 unspecified atom stereocenters. The Balaban J connectivity index is 1.44. The number of ether oxygens (including phenoxy) is 2. The van der Waals surface area contributed by atoms with Gasteiger partial charge >= 0.3 is 0 Å². The molecule has 3 aromatic carbocycles. The fourth-order valence-corrected chi connectivity index (χ4v) is 4.10. The molecule has 0 aliphatic carbocycles. The van der Waals surface area contributed by atoms with Gasteiger partial charge < -0.3 is 14.0 Å². The molecule has 0 N–H and O–H groups in total.